The van der Waals surface area contributed by atoms with Crippen LogP contribution in [0.15, 0.2) is 34.8 Å². The number of benzene rings is 1. The van der Waals surface area contributed by atoms with Crippen molar-refractivity contribution in [3.8, 4) is 0 Å². The van der Waals surface area contributed by atoms with Crippen molar-refractivity contribution in [2.75, 3.05) is 17.2 Å². The quantitative estimate of drug-likeness (QED) is 0.731. The zero-order valence-electron chi connectivity index (χ0n) is 12.4. The normalized spacial score (nSPS) is 15.4. The van der Waals surface area contributed by atoms with Crippen LogP contribution >= 0.6 is 15.9 Å². The van der Waals surface area contributed by atoms with Gasteiger partial charge in [-0.05, 0) is 38.0 Å². The molecule has 5 nitrogen and oxygen atoms in total. The van der Waals surface area contributed by atoms with Gasteiger partial charge >= 0.3 is 0 Å². The number of aromatic nitrogens is 2. The number of hydrogen-bond acceptors (Lipinski definition) is 5. The summed E-state index contributed by atoms with van der Waals surface area (Å²) >= 11 is 3.47. The van der Waals surface area contributed by atoms with Crippen LogP contribution in [-0.4, -0.2) is 27.7 Å². The summed E-state index contributed by atoms with van der Waals surface area (Å²) in [4.78, 5) is 9.06. The Hall–Kier alpha value is -1.66. The third-order valence-electron chi connectivity index (χ3n) is 3.49. The highest BCUT2D eigenvalue weighted by Crippen LogP contribution is 2.40. The van der Waals surface area contributed by atoms with Gasteiger partial charge in [-0.25, -0.2) is 4.98 Å². The standard InChI is InChI=1S/C16H19BrN4O/c1-10(9-22)18-16-20-14(11-5-6-11)8-15(21-16)19-13-4-2-3-12(17)7-13/h2-4,7-8,10-11,22H,5-6,9H2,1H3,(H2,18,19,20,21)/t10-/m0/s1. The maximum Gasteiger partial charge on any atom is 0.225 e. The average Bonchev–Trinajstić information content (AvgIpc) is 3.31. The molecule has 1 aliphatic carbocycles. The molecule has 1 fully saturated rings. The number of aliphatic hydroxyl groups excluding tert-OH is 1. The fourth-order valence-corrected chi connectivity index (χ4v) is 2.56. The second-order valence-electron chi connectivity index (χ2n) is 5.64. The molecule has 0 radical (unpaired) electrons. The molecule has 116 valence electrons. The molecule has 3 N–H and O–H groups in total. The molecule has 1 aromatic heterocycles. The van der Waals surface area contributed by atoms with Gasteiger partial charge in [0.1, 0.15) is 5.82 Å². The SMILES string of the molecule is C[C@@H](CO)Nc1nc(Nc2cccc(Br)c2)cc(C2CC2)n1. The second kappa shape index (κ2) is 6.62. The van der Waals surface area contributed by atoms with Crippen molar-refractivity contribution in [3.63, 3.8) is 0 Å². The smallest absolute Gasteiger partial charge is 0.225 e. The Labute approximate surface area is 138 Å². The van der Waals surface area contributed by atoms with E-state index in [4.69, 9.17) is 0 Å². The minimum atomic E-state index is -0.0758. The lowest BCUT2D eigenvalue weighted by Crippen LogP contribution is -2.21. The number of hydrogen-bond donors (Lipinski definition) is 3. The van der Waals surface area contributed by atoms with Crippen molar-refractivity contribution in [2.45, 2.75) is 31.7 Å². The van der Waals surface area contributed by atoms with Gasteiger partial charge < -0.3 is 15.7 Å². The summed E-state index contributed by atoms with van der Waals surface area (Å²) in [6, 6.07) is 9.88. The van der Waals surface area contributed by atoms with Crippen LogP contribution in [0, 0.1) is 0 Å². The lowest BCUT2D eigenvalue weighted by Gasteiger charge is -2.14. The molecular weight excluding hydrogens is 344 g/mol. The topological polar surface area (TPSA) is 70.1 Å². The Morgan fingerprint density at radius 3 is 2.82 bits per heavy atom. The van der Waals surface area contributed by atoms with Crippen LogP contribution in [0.4, 0.5) is 17.5 Å². The zero-order valence-corrected chi connectivity index (χ0v) is 14.0. The number of nitrogens with zero attached hydrogens (tertiary/aromatic N) is 2. The second-order valence-corrected chi connectivity index (χ2v) is 6.55. The first-order valence-electron chi connectivity index (χ1n) is 7.43. The molecule has 0 amide bonds. The van der Waals surface area contributed by atoms with Gasteiger partial charge in [0.15, 0.2) is 0 Å². The first kappa shape index (κ1) is 15.2. The average molecular weight is 363 g/mol. The molecule has 0 bridgehead atoms. The molecule has 2 aromatic rings. The first-order chi connectivity index (χ1) is 10.6. The van der Waals surface area contributed by atoms with E-state index in [2.05, 4.69) is 36.5 Å². The summed E-state index contributed by atoms with van der Waals surface area (Å²) < 4.78 is 1.02. The van der Waals surface area contributed by atoms with E-state index >= 15 is 0 Å². The maximum atomic E-state index is 9.18. The Morgan fingerprint density at radius 1 is 1.32 bits per heavy atom. The van der Waals surface area contributed by atoms with Crippen molar-refractivity contribution in [1.29, 1.82) is 0 Å². The Morgan fingerprint density at radius 2 is 2.14 bits per heavy atom. The molecule has 0 spiro atoms. The van der Waals surface area contributed by atoms with Gasteiger partial charge in [0, 0.05) is 28.2 Å². The van der Waals surface area contributed by atoms with E-state index in [1.807, 2.05) is 37.3 Å². The van der Waals surface area contributed by atoms with E-state index < -0.39 is 0 Å². The van der Waals surface area contributed by atoms with Crippen LogP contribution in [0.1, 0.15) is 31.4 Å². The zero-order chi connectivity index (χ0) is 15.5. The third-order valence-corrected chi connectivity index (χ3v) is 3.98. The minimum absolute atomic E-state index is 0.0470. The predicted octanol–water partition coefficient (Wildman–Crippen LogP) is 3.65. The molecule has 1 atom stereocenters. The van der Waals surface area contributed by atoms with Crippen molar-refractivity contribution >= 4 is 33.4 Å². The number of nitrogens with one attached hydrogen (secondary N) is 2. The molecule has 1 saturated carbocycles. The van der Waals surface area contributed by atoms with Crippen LogP contribution in [0.3, 0.4) is 0 Å². The Balaban J connectivity index is 1.85. The van der Waals surface area contributed by atoms with Crippen LogP contribution < -0.4 is 10.6 Å². The van der Waals surface area contributed by atoms with Crippen molar-refractivity contribution in [3.05, 3.63) is 40.5 Å². The van der Waals surface area contributed by atoms with E-state index in [-0.39, 0.29) is 12.6 Å². The highest BCUT2D eigenvalue weighted by atomic mass is 79.9. The van der Waals surface area contributed by atoms with Gasteiger partial charge in [-0.1, -0.05) is 22.0 Å². The monoisotopic (exact) mass is 362 g/mol. The Bertz CT molecular complexity index is 660. The van der Waals surface area contributed by atoms with E-state index in [1.54, 1.807) is 0 Å². The lowest BCUT2D eigenvalue weighted by atomic mass is 10.2. The van der Waals surface area contributed by atoms with Crippen molar-refractivity contribution in [2.24, 2.45) is 0 Å². The van der Waals surface area contributed by atoms with Crippen LogP contribution in [0.5, 0.6) is 0 Å². The van der Waals surface area contributed by atoms with Gasteiger partial charge in [0.2, 0.25) is 5.95 Å². The fourth-order valence-electron chi connectivity index (χ4n) is 2.16. The fraction of sp³-hybridized carbons (Fsp3) is 0.375. The summed E-state index contributed by atoms with van der Waals surface area (Å²) in [7, 11) is 0. The van der Waals surface area contributed by atoms with Crippen molar-refractivity contribution < 1.29 is 5.11 Å². The first-order valence-corrected chi connectivity index (χ1v) is 8.22. The summed E-state index contributed by atoms with van der Waals surface area (Å²) in [6.45, 7) is 1.94. The molecule has 3 rings (SSSR count). The molecule has 1 aliphatic rings. The molecule has 1 heterocycles. The van der Waals surface area contributed by atoms with Crippen LogP contribution in [0.2, 0.25) is 0 Å². The van der Waals surface area contributed by atoms with Crippen LogP contribution in [0.25, 0.3) is 0 Å². The summed E-state index contributed by atoms with van der Waals surface area (Å²) in [5.41, 5.74) is 2.02. The number of aliphatic hydroxyl groups is 1. The molecule has 0 saturated heterocycles. The maximum absolute atomic E-state index is 9.18. The van der Waals surface area contributed by atoms with Crippen molar-refractivity contribution in [1.82, 2.24) is 9.97 Å². The molecule has 6 heteroatoms. The van der Waals surface area contributed by atoms with E-state index in [1.165, 1.54) is 12.8 Å². The highest BCUT2D eigenvalue weighted by Gasteiger charge is 2.26. The van der Waals surface area contributed by atoms with Gasteiger partial charge in [-0.2, -0.15) is 4.98 Å². The summed E-state index contributed by atoms with van der Waals surface area (Å²) in [5.74, 6) is 1.86. The van der Waals surface area contributed by atoms with Gasteiger partial charge in [0.25, 0.3) is 0 Å². The van der Waals surface area contributed by atoms with E-state index in [9.17, 15) is 5.11 Å². The molecule has 0 unspecified atom stereocenters. The number of rotatable bonds is 6. The minimum Gasteiger partial charge on any atom is -0.394 e. The van der Waals surface area contributed by atoms with E-state index in [0.29, 0.717) is 11.9 Å². The highest BCUT2D eigenvalue weighted by molar-refractivity contribution is 9.10. The molecule has 22 heavy (non-hydrogen) atoms. The number of anilines is 3. The van der Waals surface area contributed by atoms with Crippen LogP contribution in [-0.2, 0) is 0 Å². The molecular formula is C16H19BrN4O. The number of halogens is 1. The van der Waals surface area contributed by atoms with Gasteiger partial charge in [-0.15, -0.1) is 0 Å². The third kappa shape index (κ3) is 3.96. The Kier molecular flexibility index (Phi) is 4.59. The molecule has 0 aliphatic heterocycles. The summed E-state index contributed by atoms with van der Waals surface area (Å²) in [5, 5.41) is 15.6. The summed E-state index contributed by atoms with van der Waals surface area (Å²) in [6.07, 6.45) is 2.37. The predicted molar refractivity (Wildman–Crippen MR) is 91.6 cm³/mol. The van der Waals surface area contributed by atoms with Gasteiger partial charge in [-0.3, -0.25) is 0 Å². The van der Waals surface area contributed by atoms with E-state index in [0.717, 1.165) is 21.7 Å². The lowest BCUT2D eigenvalue weighted by molar-refractivity contribution is 0.281. The van der Waals surface area contributed by atoms with Gasteiger partial charge in [0.05, 0.1) is 12.3 Å². The molecule has 1 aromatic carbocycles. The largest absolute Gasteiger partial charge is 0.394 e.